The van der Waals surface area contributed by atoms with Gasteiger partial charge in [-0.15, -0.1) is 0 Å². The quantitative estimate of drug-likeness (QED) is 0.743. The molecule has 1 fully saturated rings. The van der Waals surface area contributed by atoms with E-state index >= 15 is 0 Å². The monoisotopic (exact) mass is 281 g/mol. The highest BCUT2D eigenvalue weighted by atomic mass is 16.5. The smallest absolute Gasteiger partial charge is 0.157 e. The fraction of sp³-hybridized carbons (Fsp3) is 0.800. The molecule has 20 heavy (non-hydrogen) atoms. The lowest BCUT2D eigenvalue weighted by atomic mass is 10.2. The molecule has 1 aliphatic rings. The molecule has 0 radical (unpaired) electrons. The van der Waals surface area contributed by atoms with Crippen LogP contribution in [-0.4, -0.2) is 41.7 Å². The summed E-state index contributed by atoms with van der Waals surface area (Å²) in [6.45, 7) is 9.02. The standard InChI is InChI=1S/C15H27N3O2/c1-4-7-16-8-13-5-6-14(20-13)11-19-15-9-17-18(10-15)12(2)3/h9-10,12-14,16H,4-8,11H2,1-3H3. The van der Waals surface area contributed by atoms with Crippen molar-refractivity contribution in [2.75, 3.05) is 19.7 Å². The second-order valence-electron chi connectivity index (χ2n) is 5.72. The minimum Gasteiger partial charge on any atom is -0.488 e. The van der Waals surface area contributed by atoms with E-state index in [0.717, 1.165) is 31.7 Å². The van der Waals surface area contributed by atoms with Crippen LogP contribution in [0.15, 0.2) is 12.4 Å². The SMILES string of the molecule is CCCNCC1CCC(COc2cnn(C(C)C)c2)O1. The molecule has 5 heteroatoms. The Morgan fingerprint density at radius 1 is 1.45 bits per heavy atom. The Labute approximate surface area is 121 Å². The van der Waals surface area contributed by atoms with Crippen molar-refractivity contribution < 1.29 is 9.47 Å². The van der Waals surface area contributed by atoms with E-state index in [1.165, 1.54) is 6.42 Å². The molecule has 2 heterocycles. The Morgan fingerprint density at radius 3 is 2.95 bits per heavy atom. The van der Waals surface area contributed by atoms with Crippen LogP contribution in [0.4, 0.5) is 0 Å². The summed E-state index contributed by atoms with van der Waals surface area (Å²) in [6, 6.07) is 0.365. The van der Waals surface area contributed by atoms with E-state index < -0.39 is 0 Å². The summed E-state index contributed by atoms with van der Waals surface area (Å²) >= 11 is 0. The molecule has 0 aromatic carbocycles. The second-order valence-corrected chi connectivity index (χ2v) is 5.72. The van der Waals surface area contributed by atoms with Crippen LogP contribution >= 0.6 is 0 Å². The summed E-state index contributed by atoms with van der Waals surface area (Å²) in [7, 11) is 0. The number of nitrogens with zero attached hydrogens (tertiary/aromatic N) is 2. The van der Waals surface area contributed by atoms with E-state index in [9.17, 15) is 0 Å². The van der Waals surface area contributed by atoms with Gasteiger partial charge < -0.3 is 14.8 Å². The zero-order valence-corrected chi connectivity index (χ0v) is 12.8. The molecule has 0 spiro atoms. The lowest BCUT2D eigenvalue weighted by Crippen LogP contribution is -2.28. The van der Waals surface area contributed by atoms with E-state index in [1.807, 2.05) is 10.9 Å². The maximum absolute atomic E-state index is 5.97. The summed E-state index contributed by atoms with van der Waals surface area (Å²) < 4.78 is 13.6. The summed E-state index contributed by atoms with van der Waals surface area (Å²) in [5.74, 6) is 0.829. The van der Waals surface area contributed by atoms with E-state index in [4.69, 9.17) is 9.47 Å². The maximum atomic E-state index is 5.97. The van der Waals surface area contributed by atoms with E-state index in [-0.39, 0.29) is 6.10 Å². The normalized spacial score (nSPS) is 22.6. The Balaban J connectivity index is 1.67. The molecule has 1 saturated heterocycles. The number of ether oxygens (including phenoxy) is 2. The molecule has 5 nitrogen and oxygen atoms in total. The van der Waals surface area contributed by atoms with Gasteiger partial charge in [-0.2, -0.15) is 5.10 Å². The predicted octanol–water partition coefficient (Wildman–Crippen LogP) is 2.39. The number of hydrogen-bond donors (Lipinski definition) is 1. The van der Waals surface area contributed by atoms with E-state index in [0.29, 0.717) is 18.8 Å². The highest BCUT2D eigenvalue weighted by Gasteiger charge is 2.25. The summed E-state index contributed by atoms with van der Waals surface area (Å²) in [5, 5.41) is 7.67. The number of hydrogen-bond acceptors (Lipinski definition) is 4. The predicted molar refractivity (Wildman–Crippen MR) is 79.2 cm³/mol. The van der Waals surface area contributed by atoms with E-state index in [1.54, 1.807) is 6.20 Å². The maximum Gasteiger partial charge on any atom is 0.157 e. The van der Waals surface area contributed by atoms with Crippen molar-refractivity contribution in [3.8, 4) is 5.75 Å². The third kappa shape index (κ3) is 4.49. The Morgan fingerprint density at radius 2 is 2.25 bits per heavy atom. The highest BCUT2D eigenvalue weighted by Crippen LogP contribution is 2.21. The van der Waals surface area contributed by atoms with Gasteiger partial charge in [0.25, 0.3) is 0 Å². The van der Waals surface area contributed by atoms with Crippen LogP contribution in [-0.2, 0) is 4.74 Å². The zero-order chi connectivity index (χ0) is 14.4. The lowest BCUT2D eigenvalue weighted by molar-refractivity contribution is 0.0186. The average molecular weight is 281 g/mol. The molecule has 114 valence electrons. The first-order chi connectivity index (χ1) is 9.69. The number of nitrogens with one attached hydrogen (secondary N) is 1. The van der Waals surface area contributed by atoms with Gasteiger partial charge in [0.2, 0.25) is 0 Å². The van der Waals surface area contributed by atoms with Crippen molar-refractivity contribution in [2.24, 2.45) is 0 Å². The van der Waals surface area contributed by atoms with Crippen molar-refractivity contribution in [3.63, 3.8) is 0 Å². The van der Waals surface area contributed by atoms with Crippen LogP contribution in [0.1, 0.15) is 46.1 Å². The Bertz CT molecular complexity index is 392. The van der Waals surface area contributed by atoms with Crippen molar-refractivity contribution in [3.05, 3.63) is 12.4 Å². The fourth-order valence-corrected chi connectivity index (χ4v) is 2.36. The van der Waals surface area contributed by atoms with Crippen molar-refractivity contribution in [2.45, 2.75) is 58.3 Å². The minimum absolute atomic E-state index is 0.214. The first-order valence-electron chi connectivity index (χ1n) is 7.72. The molecule has 1 N–H and O–H groups in total. The Kier molecular flexibility index (Phi) is 5.86. The van der Waals surface area contributed by atoms with Gasteiger partial charge in [-0.25, -0.2) is 0 Å². The zero-order valence-electron chi connectivity index (χ0n) is 12.8. The van der Waals surface area contributed by atoms with Crippen LogP contribution in [0, 0.1) is 0 Å². The molecular weight excluding hydrogens is 254 g/mol. The van der Waals surface area contributed by atoms with Gasteiger partial charge >= 0.3 is 0 Å². The molecule has 0 amide bonds. The first kappa shape index (κ1) is 15.3. The fourth-order valence-electron chi connectivity index (χ4n) is 2.36. The van der Waals surface area contributed by atoms with Crippen LogP contribution in [0.2, 0.25) is 0 Å². The largest absolute Gasteiger partial charge is 0.488 e. The first-order valence-corrected chi connectivity index (χ1v) is 7.72. The van der Waals surface area contributed by atoms with Crippen LogP contribution in [0.5, 0.6) is 5.75 Å². The highest BCUT2D eigenvalue weighted by molar-refractivity contribution is 5.12. The third-order valence-corrected chi connectivity index (χ3v) is 3.54. The van der Waals surface area contributed by atoms with Crippen LogP contribution in [0.3, 0.4) is 0 Å². The molecular formula is C15H27N3O2. The van der Waals surface area contributed by atoms with Gasteiger partial charge in [-0.1, -0.05) is 6.92 Å². The average Bonchev–Trinajstić information content (AvgIpc) is 3.05. The van der Waals surface area contributed by atoms with Crippen molar-refractivity contribution >= 4 is 0 Å². The molecule has 2 rings (SSSR count). The van der Waals surface area contributed by atoms with E-state index in [2.05, 4.69) is 31.2 Å². The third-order valence-electron chi connectivity index (χ3n) is 3.54. The summed E-state index contributed by atoms with van der Waals surface area (Å²) in [5.41, 5.74) is 0. The van der Waals surface area contributed by atoms with Gasteiger partial charge in [0.05, 0.1) is 24.6 Å². The van der Waals surface area contributed by atoms with Gasteiger partial charge in [-0.3, -0.25) is 4.68 Å². The molecule has 2 atom stereocenters. The molecule has 1 aromatic heterocycles. The molecule has 0 bridgehead atoms. The second kappa shape index (κ2) is 7.64. The van der Waals surface area contributed by atoms with Gasteiger partial charge in [0.15, 0.2) is 5.75 Å². The van der Waals surface area contributed by atoms with Gasteiger partial charge in [0, 0.05) is 12.6 Å². The molecule has 0 aliphatic carbocycles. The Hall–Kier alpha value is -1.07. The van der Waals surface area contributed by atoms with Crippen molar-refractivity contribution in [1.29, 1.82) is 0 Å². The van der Waals surface area contributed by atoms with Crippen LogP contribution < -0.4 is 10.1 Å². The summed E-state index contributed by atoms with van der Waals surface area (Å²) in [6.07, 6.45) is 7.64. The molecule has 1 aliphatic heterocycles. The topological polar surface area (TPSA) is 48.3 Å². The summed E-state index contributed by atoms with van der Waals surface area (Å²) in [4.78, 5) is 0. The number of aromatic nitrogens is 2. The van der Waals surface area contributed by atoms with Gasteiger partial charge in [-0.05, 0) is 39.7 Å². The molecule has 1 aromatic rings. The molecule has 2 unspecified atom stereocenters. The van der Waals surface area contributed by atoms with Gasteiger partial charge in [0.1, 0.15) is 6.61 Å². The lowest BCUT2D eigenvalue weighted by Gasteiger charge is -2.14. The number of rotatable bonds is 8. The molecule has 0 saturated carbocycles. The van der Waals surface area contributed by atoms with Crippen LogP contribution in [0.25, 0.3) is 0 Å². The minimum atomic E-state index is 0.214. The van der Waals surface area contributed by atoms with Crippen molar-refractivity contribution in [1.82, 2.24) is 15.1 Å².